The minimum atomic E-state index is -4.60. The maximum atomic E-state index is 14.0. The van der Waals surface area contributed by atoms with Gasteiger partial charge >= 0.3 is 6.18 Å². The van der Waals surface area contributed by atoms with Gasteiger partial charge in [-0.3, -0.25) is 4.79 Å². The van der Waals surface area contributed by atoms with Crippen LogP contribution >= 0.6 is 11.6 Å². The zero-order chi connectivity index (χ0) is 21.3. The molecule has 0 aromatic heterocycles. The number of alkyl halides is 3. The molecule has 0 spiro atoms. The van der Waals surface area contributed by atoms with E-state index >= 15 is 0 Å². The number of amides is 1. The van der Waals surface area contributed by atoms with Crippen LogP contribution in [0.2, 0.25) is 5.02 Å². The number of halogens is 6. The second-order valence-corrected chi connectivity index (χ2v) is 6.41. The molecular weight excluding hydrogens is 417 g/mol. The molecule has 9 heteroatoms. The quantitative estimate of drug-likeness (QED) is 0.484. The Morgan fingerprint density at radius 2 is 1.69 bits per heavy atom. The average molecular weight is 428 g/mol. The van der Waals surface area contributed by atoms with Crippen molar-refractivity contribution in [2.24, 2.45) is 0 Å². The lowest BCUT2D eigenvalue weighted by atomic mass is 10.0. The third kappa shape index (κ3) is 4.48. The second kappa shape index (κ2) is 7.71. The normalized spacial score (nSPS) is 11.4. The van der Waals surface area contributed by atoms with E-state index < -0.39 is 35.0 Å². The molecule has 0 saturated heterocycles. The Morgan fingerprint density at radius 1 is 0.966 bits per heavy atom. The molecule has 0 aliphatic heterocycles. The van der Waals surface area contributed by atoms with E-state index in [1.807, 2.05) is 0 Å². The first-order valence-electron chi connectivity index (χ1n) is 8.03. The van der Waals surface area contributed by atoms with Gasteiger partial charge in [-0.05, 0) is 48.0 Å². The van der Waals surface area contributed by atoms with Gasteiger partial charge in [-0.2, -0.15) is 13.2 Å². The highest BCUT2D eigenvalue weighted by Gasteiger charge is 2.31. The number of carbonyl (C=O) groups excluding carboxylic acids is 1. The Balaban J connectivity index is 1.92. The van der Waals surface area contributed by atoms with E-state index in [1.165, 1.54) is 18.2 Å². The van der Waals surface area contributed by atoms with Gasteiger partial charge in [-0.15, -0.1) is 0 Å². The van der Waals surface area contributed by atoms with Crippen molar-refractivity contribution >= 4 is 23.2 Å². The van der Waals surface area contributed by atoms with E-state index in [1.54, 1.807) is 0 Å². The average Bonchev–Trinajstić information content (AvgIpc) is 2.63. The lowest BCUT2D eigenvalue weighted by Crippen LogP contribution is -2.13. The molecule has 0 fully saturated rings. The lowest BCUT2D eigenvalue weighted by Gasteiger charge is -2.12. The van der Waals surface area contributed by atoms with E-state index in [4.69, 9.17) is 11.6 Å². The summed E-state index contributed by atoms with van der Waals surface area (Å²) in [5.41, 5.74) is -1.20. The van der Waals surface area contributed by atoms with E-state index in [0.29, 0.717) is 12.1 Å². The molecule has 0 saturated carbocycles. The van der Waals surface area contributed by atoms with E-state index in [0.717, 1.165) is 24.3 Å². The molecule has 29 heavy (non-hydrogen) atoms. The summed E-state index contributed by atoms with van der Waals surface area (Å²) >= 11 is 5.81. The molecule has 3 aromatic carbocycles. The van der Waals surface area contributed by atoms with Crippen LogP contribution in [0.3, 0.4) is 0 Å². The van der Waals surface area contributed by atoms with Crippen molar-refractivity contribution in [3.8, 4) is 16.9 Å². The third-order valence-corrected chi connectivity index (χ3v) is 4.34. The number of benzene rings is 3. The summed E-state index contributed by atoms with van der Waals surface area (Å²) in [6, 6.07) is 8.88. The highest BCUT2D eigenvalue weighted by atomic mass is 35.5. The molecule has 0 bridgehead atoms. The summed E-state index contributed by atoms with van der Waals surface area (Å²) in [5, 5.41) is 11.9. The van der Waals surface area contributed by atoms with Crippen LogP contribution in [0.4, 0.5) is 27.6 Å². The van der Waals surface area contributed by atoms with Crippen LogP contribution in [0.1, 0.15) is 15.9 Å². The number of phenolic OH excluding ortho intramolecular Hbond substituents is 1. The van der Waals surface area contributed by atoms with Crippen molar-refractivity contribution in [2.45, 2.75) is 6.18 Å². The number of rotatable bonds is 3. The first kappa shape index (κ1) is 20.6. The molecule has 3 rings (SSSR count). The van der Waals surface area contributed by atoms with E-state index in [2.05, 4.69) is 5.32 Å². The van der Waals surface area contributed by atoms with Gasteiger partial charge in [0, 0.05) is 11.6 Å². The van der Waals surface area contributed by atoms with Gasteiger partial charge in [-0.1, -0.05) is 17.7 Å². The van der Waals surface area contributed by atoms with Crippen LogP contribution in [0.25, 0.3) is 11.1 Å². The molecule has 0 unspecified atom stereocenters. The zero-order valence-electron chi connectivity index (χ0n) is 14.3. The van der Waals surface area contributed by atoms with Crippen molar-refractivity contribution < 1.29 is 31.9 Å². The number of anilines is 1. The van der Waals surface area contributed by atoms with Gasteiger partial charge in [-0.25, -0.2) is 8.78 Å². The van der Waals surface area contributed by atoms with Crippen LogP contribution in [0.15, 0.2) is 54.6 Å². The number of phenols is 1. The SMILES string of the molecule is O=C(Nc1ccc(C(F)(F)F)cc1Cl)c1cc(-c2ccc(F)cc2F)ccc1O. The largest absolute Gasteiger partial charge is 0.507 e. The molecule has 0 aliphatic carbocycles. The smallest absolute Gasteiger partial charge is 0.416 e. The minimum absolute atomic E-state index is 0.00647. The molecule has 0 aliphatic rings. The fourth-order valence-electron chi connectivity index (χ4n) is 2.59. The Hall–Kier alpha value is -3.13. The molecule has 0 radical (unpaired) electrons. The van der Waals surface area contributed by atoms with Gasteiger partial charge in [0.1, 0.15) is 17.4 Å². The number of hydrogen-bond donors (Lipinski definition) is 2. The third-order valence-electron chi connectivity index (χ3n) is 4.03. The van der Waals surface area contributed by atoms with Crippen molar-refractivity contribution in [1.82, 2.24) is 0 Å². The number of hydrogen-bond acceptors (Lipinski definition) is 2. The fraction of sp³-hybridized carbons (Fsp3) is 0.0500. The van der Waals surface area contributed by atoms with Gasteiger partial charge < -0.3 is 10.4 Å². The first-order valence-corrected chi connectivity index (χ1v) is 8.40. The Labute approximate surface area is 166 Å². The topological polar surface area (TPSA) is 49.3 Å². The molecule has 3 aromatic rings. The predicted octanol–water partition coefficient (Wildman–Crippen LogP) is 6.26. The van der Waals surface area contributed by atoms with E-state index in [-0.39, 0.29) is 27.4 Å². The minimum Gasteiger partial charge on any atom is -0.507 e. The van der Waals surface area contributed by atoms with E-state index in [9.17, 15) is 31.9 Å². The summed E-state index contributed by atoms with van der Waals surface area (Å²) in [5.74, 6) is -2.97. The van der Waals surface area contributed by atoms with Crippen LogP contribution in [-0.2, 0) is 6.18 Å². The Bertz CT molecular complexity index is 1100. The van der Waals surface area contributed by atoms with Gasteiger partial charge in [0.05, 0.1) is 21.8 Å². The van der Waals surface area contributed by atoms with Crippen molar-refractivity contribution in [3.05, 3.63) is 82.4 Å². The van der Waals surface area contributed by atoms with Crippen LogP contribution < -0.4 is 5.32 Å². The Morgan fingerprint density at radius 3 is 2.31 bits per heavy atom. The second-order valence-electron chi connectivity index (χ2n) is 6.00. The molecule has 0 heterocycles. The van der Waals surface area contributed by atoms with Crippen molar-refractivity contribution in [3.63, 3.8) is 0 Å². The van der Waals surface area contributed by atoms with Crippen molar-refractivity contribution in [1.29, 1.82) is 0 Å². The molecular formula is C20H11ClF5NO2. The highest BCUT2D eigenvalue weighted by Crippen LogP contribution is 2.34. The molecule has 3 nitrogen and oxygen atoms in total. The predicted molar refractivity (Wildman–Crippen MR) is 97.9 cm³/mol. The van der Waals surface area contributed by atoms with Gasteiger partial charge in [0.15, 0.2) is 0 Å². The summed E-state index contributed by atoms with van der Waals surface area (Å²) in [6.45, 7) is 0. The summed E-state index contributed by atoms with van der Waals surface area (Å²) < 4.78 is 65.2. The first-order chi connectivity index (χ1) is 13.6. The van der Waals surface area contributed by atoms with Crippen molar-refractivity contribution in [2.75, 3.05) is 5.32 Å². The number of nitrogens with one attached hydrogen (secondary N) is 1. The van der Waals surface area contributed by atoms with Gasteiger partial charge in [0.2, 0.25) is 0 Å². The summed E-state index contributed by atoms with van der Waals surface area (Å²) in [4.78, 5) is 12.5. The maximum Gasteiger partial charge on any atom is 0.416 e. The zero-order valence-corrected chi connectivity index (χ0v) is 15.1. The van der Waals surface area contributed by atoms with Crippen LogP contribution in [0.5, 0.6) is 5.75 Å². The highest BCUT2D eigenvalue weighted by molar-refractivity contribution is 6.34. The fourth-order valence-corrected chi connectivity index (χ4v) is 2.82. The molecule has 1 amide bonds. The van der Waals surface area contributed by atoms with Gasteiger partial charge in [0.25, 0.3) is 5.91 Å². The maximum absolute atomic E-state index is 14.0. The molecule has 150 valence electrons. The van der Waals surface area contributed by atoms with Crippen LogP contribution in [-0.4, -0.2) is 11.0 Å². The summed E-state index contributed by atoms with van der Waals surface area (Å²) in [6.07, 6.45) is -4.60. The molecule has 2 N–H and O–H groups in total. The number of aromatic hydroxyl groups is 1. The van der Waals surface area contributed by atoms with Crippen LogP contribution in [0, 0.1) is 11.6 Å². The summed E-state index contributed by atoms with van der Waals surface area (Å²) in [7, 11) is 0. The molecule has 0 atom stereocenters. The monoisotopic (exact) mass is 427 g/mol. The number of carbonyl (C=O) groups is 1. The standard InChI is InChI=1S/C20H11ClF5NO2/c21-15-8-11(20(24,25)26)2-5-17(15)27-19(29)14-7-10(1-6-18(14)28)13-4-3-12(22)9-16(13)23/h1-9,28H,(H,27,29). The lowest BCUT2D eigenvalue weighted by molar-refractivity contribution is -0.137. The Kier molecular flexibility index (Phi) is 5.48.